The fourth-order valence-corrected chi connectivity index (χ4v) is 4.90. The highest BCUT2D eigenvalue weighted by Gasteiger charge is 2.50. The number of aromatic nitrogens is 2. The van der Waals surface area contributed by atoms with Gasteiger partial charge >= 0.3 is 6.09 Å². The van der Waals surface area contributed by atoms with Crippen LogP contribution in [-0.2, 0) is 4.75 Å². The Morgan fingerprint density at radius 1 is 1.07 bits per heavy atom. The molecule has 0 atom stereocenters. The Morgan fingerprint density at radius 3 is 2.47 bits per heavy atom. The van der Waals surface area contributed by atoms with Crippen LogP contribution in [0.1, 0.15) is 31.4 Å². The van der Waals surface area contributed by atoms with Crippen LogP contribution in [-0.4, -0.2) is 21.3 Å². The van der Waals surface area contributed by atoms with Gasteiger partial charge in [-0.15, -0.1) is 11.8 Å². The summed E-state index contributed by atoms with van der Waals surface area (Å²) < 4.78 is 5.37. The highest BCUT2D eigenvalue weighted by Crippen LogP contribution is 2.61. The highest BCUT2D eigenvalue weighted by molar-refractivity contribution is 8.01. The number of ether oxygens (including phenoxy) is 1. The minimum atomic E-state index is -0.538. The van der Waals surface area contributed by atoms with Crippen molar-refractivity contribution in [1.82, 2.24) is 9.97 Å². The van der Waals surface area contributed by atoms with E-state index in [1.807, 2.05) is 48.2 Å². The third-order valence-electron chi connectivity index (χ3n) is 5.18. The summed E-state index contributed by atoms with van der Waals surface area (Å²) in [5.41, 5.74) is 8.63. The normalized spacial score (nSPS) is 16.7. The molecule has 6 nitrogen and oxygen atoms in total. The zero-order valence-electron chi connectivity index (χ0n) is 16.4. The van der Waals surface area contributed by atoms with Crippen molar-refractivity contribution in [1.29, 1.82) is 0 Å². The Morgan fingerprint density at radius 2 is 1.80 bits per heavy atom. The van der Waals surface area contributed by atoms with Gasteiger partial charge in [0, 0.05) is 22.6 Å². The topological polar surface area (TPSA) is 90.1 Å². The lowest BCUT2D eigenvalue weighted by atomic mass is 10.1. The van der Waals surface area contributed by atoms with E-state index in [0.29, 0.717) is 23.1 Å². The molecule has 1 aromatic heterocycles. The maximum absolute atomic E-state index is 12.1. The van der Waals surface area contributed by atoms with Crippen molar-refractivity contribution in [3.63, 3.8) is 0 Å². The summed E-state index contributed by atoms with van der Waals surface area (Å²) in [4.78, 5) is 21.3. The van der Waals surface area contributed by atoms with Gasteiger partial charge in [-0.05, 0) is 62.1 Å². The van der Waals surface area contributed by atoms with Crippen LogP contribution in [0.2, 0.25) is 0 Å². The smallest absolute Gasteiger partial charge is 0.410 e. The summed E-state index contributed by atoms with van der Waals surface area (Å²) in [6.45, 7) is 0. The van der Waals surface area contributed by atoms with E-state index in [9.17, 15) is 4.79 Å². The molecular formula is C23H22N4O2S. The van der Waals surface area contributed by atoms with Crippen molar-refractivity contribution in [3.8, 4) is 17.1 Å². The number of benzene rings is 2. The van der Waals surface area contributed by atoms with Gasteiger partial charge in [0.25, 0.3) is 0 Å². The number of nitrogens with zero attached hydrogens (tertiary/aromatic N) is 2. The van der Waals surface area contributed by atoms with Gasteiger partial charge in [0.15, 0.2) is 5.82 Å². The van der Waals surface area contributed by atoms with Gasteiger partial charge in [-0.3, -0.25) is 5.32 Å². The summed E-state index contributed by atoms with van der Waals surface area (Å²) >= 11 is 2.05. The fourth-order valence-electron chi connectivity index (χ4n) is 3.32. The molecule has 5 rings (SSSR count). The minimum absolute atomic E-state index is 0.121. The van der Waals surface area contributed by atoms with Crippen LogP contribution in [0, 0.1) is 0 Å². The highest BCUT2D eigenvalue weighted by atomic mass is 32.2. The van der Waals surface area contributed by atoms with Gasteiger partial charge in [-0.2, -0.15) is 0 Å². The number of anilines is 2. The van der Waals surface area contributed by atoms with Gasteiger partial charge in [0.05, 0.1) is 10.4 Å². The maximum atomic E-state index is 12.1. The second-order valence-electron chi connectivity index (χ2n) is 7.72. The van der Waals surface area contributed by atoms with Crippen LogP contribution < -0.4 is 15.8 Å². The zero-order chi connectivity index (χ0) is 20.6. The summed E-state index contributed by atoms with van der Waals surface area (Å²) in [5, 5.41) is 3.50. The number of para-hydroxylation sites is 1. The Kier molecular flexibility index (Phi) is 4.83. The largest absolute Gasteiger partial charge is 0.417 e. The molecule has 0 saturated heterocycles. The molecule has 1 heterocycles. The number of nitrogens with one attached hydrogen (secondary N) is 1. The molecule has 2 saturated carbocycles. The number of carbonyl (C=O) groups is 1. The van der Waals surface area contributed by atoms with Crippen molar-refractivity contribution >= 4 is 29.4 Å². The van der Waals surface area contributed by atoms with Crippen molar-refractivity contribution in [3.05, 3.63) is 66.4 Å². The summed E-state index contributed by atoms with van der Waals surface area (Å²) in [7, 11) is 0. The van der Waals surface area contributed by atoms with Gasteiger partial charge in [0.2, 0.25) is 0 Å². The number of nitrogens with two attached hydrogens (primary N) is 1. The average Bonchev–Trinajstić information content (AvgIpc) is 3.67. The van der Waals surface area contributed by atoms with E-state index in [0.717, 1.165) is 29.3 Å². The third kappa shape index (κ3) is 4.26. The van der Waals surface area contributed by atoms with Crippen LogP contribution >= 0.6 is 11.8 Å². The molecule has 0 spiro atoms. The molecule has 152 valence electrons. The SMILES string of the molecule is Nc1cc(C2(SC3CC3)CC2)nc(-c2ccc(NC(=O)Oc3ccccc3)cc2)n1. The number of hydrogen-bond donors (Lipinski definition) is 2. The summed E-state index contributed by atoms with van der Waals surface area (Å²) in [6, 6.07) is 18.2. The Labute approximate surface area is 179 Å². The summed E-state index contributed by atoms with van der Waals surface area (Å²) in [5.74, 6) is 1.60. The third-order valence-corrected chi connectivity index (χ3v) is 7.05. The fraction of sp³-hybridized carbons (Fsp3) is 0.261. The first-order valence-corrected chi connectivity index (χ1v) is 10.9. The number of amides is 1. The summed E-state index contributed by atoms with van der Waals surface area (Å²) in [6.07, 6.45) is 4.37. The first-order valence-electron chi connectivity index (χ1n) is 10.1. The predicted octanol–water partition coefficient (Wildman–Crippen LogP) is 5.22. The molecule has 0 bridgehead atoms. The number of carbonyl (C=O) groups excluding carboxylic acids is 1. The standard InChI is InChI=1S/C23H22N4O2S/c24-20-14-19(23(12-13-23)30-18-10-11-18)26-21(27-20)15-6-8-16(9-7-15)25-22(28)29-17-4-2-1-3-5-17/h1-9,14,18H,10-13H2,(H,25,28)(H2,24,26,27). The Balaban J connectivity index is 1.30. The quantitative estimate of drug-likeness (QED) is 0.570. The molecular weight excluding hydrogens is 396 g/mol. The predicted molar refractivity (Wildman–Crippen MR) is 119 cm³/mol. The van der Waals surface area contributed by atoms with Crippen LogP contribution in [0.4, 0.5) is 16.3 Å². The van der Waals surface area contributed by atoms with E-state index < -0.39 is 6.09 Å². The zero-order valence-corrected chi connectivity index (χ0v) is 17.2. The second-order valence-corrected chi connectivity index (χ2v) is 9.40. The second kappa shape index (κ2) is 7.65. The lowest BCUT2D eigenvalue weighted by molar-refractivity contribution is 0.215. The molecule has 3 aromatic rings. The molecule has 1 amide bonds. The number of hydrogen-bond acceptors (Lipinski definition) is 6. The molecule has 0 unspecified atom stereocenters. The van der Waals surface area contributed by atoms with Gasteiger partial charge in [-0.25, -0.2) is 14.8 Å². The molecule has 30 heavy (non-hydrogen) atoms. The van der Waals surface area contributed by atoms with Crippen molar-refractivity contribution < 1.29 is 9.53 Å². The van der Waals surface area contributed by atoms with Gasteiger partial charge in [0.1, 0.15) is 11.6 Å². The number of rotatable bonds is 6. The molecule has 3 N–H and O–H groups in total. The minimum Gasteiger partial charge on any atom is -0.410 e. The molecule has 0 radical (unpaired) electrons. The lowest BCUT2D eigenvalue weighted by Crippen LogP contribution is -2.16. The van der Waals surface area contributed by atoms with E-state index >= 15 is 0 Å². The van der Waals surface area contributed by atoms with Gasteiger partial charge in [-0.1, -0.05) is 18.2 Å². The van der Waals surface area contributed by atoms with Crippen molar-refractivity contribution in [2.75, 3.05) is 11.1 Å². The van der Waals surface area contributed by atoms with Crippen LogP contribution in [0.25, 0.3) is 11.4 Å². The molecule has 2 aliphatic carbocycles. The van der Waals surface area contributed by atoms with Crippen LogP contribution in [0.5, 0.6) is 5.75 Å². The van der Waals surface area contributed by atoms with E-state index in [1.165, 1.54) is 12.8 Å². The van der Waals surface area contributed by atoms with Crippen molar-refractivity contribution in [2.45, 2.75) is 35.7 Å². The molecule has 7 heteroatoms. The van der Waals surface area contributed by atoms with E-state index in [-0.39, 0.29) is 4.75 Å². The van der Waals surface area contributed by atoms with Crippen LogP contribution in [0.3, 0.4) is 0 Å². The van der Waals surface area contributed by atoms with Crippen molar-refractivity contribution in [2.24, 2.45) is 0 Å². The first-order chi connectivity index (χ1) is 14.6. The monoisotopic (exact) mass is 418 g/mol. The molecule has 2 aliphatic rings. The van der Waals surface area contributed by atoms with Crippen LogP contribution in [0.15, 0.2) is 60.7 Å². The van der Waals surface area contributed by atoms with Gasteiger partial charge < -0.3 is 10.5 Å². The molecule has 2 fully saturated rings. The Bertz CT molecular complexity index is 1060. The first kappa shape index (κ1) is 18.9. The maximum Gasteiger partial charge on any atom is 0.417 e. The average molecular weight is 419 g/mol. The van der Waals surface area contributed by atoms with E-state index in [4.69, 9.17) is 15.5 Å². The van der Waals surface area contributed by atoms with E-state index in [1.54, 1.807) is 24.3 Å². The Hall–Kier alpha value is -3.06. The number of thioether (sulfide) groups is 1. The molecule has 2 aromatic carbocycles. The lowest BCUT2D eigenvalue weighted by Gasteiger charge is -2.15. The van der Waals surface area contributed by atoms with E-state index in [2.05, 4.69) is 10.3 Å². The number of nitrogen functional groups attached to an aromatic ring is 1. The molecule has 0 aliphatic heterocycles.